The third-order valence-corrected chi connectivity index (χ3v) is 4.13. The lowest BCUT2D eigenvalue weighted by Gasteiger charge is -2.29. The van der Waals surface area contributed by atoms with E-state index in [1.165, 1.54) is 18.6 Å². The Hall–Kier alpha value is -2.44. The highest BCUT2D eigenvalue weighted by molar-refractivity contribution is 5.79. The van der Waals surface area contributed by atoms with Gasteiger partial charge in [-0.15, -0.1) is 0 Å². The predicted molar refractivity (Wildman–Crippen MR) is 83.5 cm³/mol. The maximum Gasteiger partial charge on any atom is 0.311 e. The number of hydrogen-bond acceptors (Lipinski definition) is 5. The Balaban J connectivity index is 1.96. The maximum atomic E-state index is 12.0. The molecule has 1 amide bonds. The highest BCUT2D eigenvalue weighted by atomic mass is 16.6. The second-order valence-electron chi connectivity index (χ2n) is 5.83. The molecule has 1 aliphatic carbocycles. The summed E-state index contributed by atoms with van der Waals surface area (Å²) in [7, 11) is 0. The van der Waals surface area contributed by atoms with Crippen LogP contribution >= 0.6 is 0 Å². The summed E-state index contributed by atoms with van der Waals surface area (Å²) in [6, 6.07) is 4.01. The van der Waals surface area contributed by atoms with Crippen molar-refractivity contribution in [3.63, 3.8) is 0 Å². The van der Waals surface area contributed by atoms with Gasteiger partial charge in [0.05, 0.1) is 4.92 Å². The van der Waals surface area contributed by atoms with Gasteiger partial charge >= 0.3 is 5.69 Å². The molecule has 1 fully saturated rings. The Labute approximate surface area is 134 Å². The van der Waals surface area contributed by atoms with Crippen LogP contribution in [0.25, 0.3) is 0 Å². The topological polar surface area (TPSA) is 98.5 Å². The molecule has 2 atom stereocenters. The van der Waals surface area contributed by atoms with Gasteiger partial charge in [-0.05, 0) is 30.9 Å². The number of benzene rings is 1. The van der Waals surface area contributed by atoms with Crippen LogP contribution in [0.15, 0.2) is 18.2 Å². The van der Waals surface area contributed by atoms with Gasteiger partial charge in [-0.25, -0.2) is 0 Å². The first-order valence-electron chi connectivity index (χ1n) is 7.67. The van der Waals surface area contributed by atoms with Crippen LogP contribution in [0, 0.1) is 16.0 Å². The first-order chi connectivity index (χ1) is 11.0. The summed E-state index contributed by atoms with van der Waals surface area (Å²) in [6.07, 6.45) is 4.83. The third-order valence-electron chi connectivity index (χ3n) is 4.13. The van der Waals surface area contributed by atoms with E-state index in [1.807, 2.05) is 0 Å². The summed E-state index contributed by atoms with van der Waals surface area (Å²) >= 11 is 0. The number of hydrogen-bond donors (Lipinski definition) is 1. The van der Waals surface area contributed by atoms with Crippen molar-refractivity contribution in [1.82, 2.24) is 5.32 Å². The number of amides is 1. The number of carbonyl (C=O) groups excluding carboxylic acids is 2. The van der Waals surface area contributed by atoms with E-state index < -0.39 is 4.92 Å². The van der Waals surface area contributed by atoms with Crippen molar-refractivity contribution >= 4 is 17.9 Å². The molecule has 1 aliphatic rings. The van der Waals surface area contributed by atoms with Crippen LogP contribution in [0.3, 0.4) is 0 Å². The zero-order chi connectivity index (χ0) is 16.8. The number of nitrogens with one attached hydrogen (secondary N) is 1. The largest absolute Gasteiger partial charge is 0.477 e. The molecule has 1 aromatic rings. The predicted octanol–water partition coefficient (Wildman–Crippen LogP) is 2.48. The average Bonchev–Trinajstić information content (AvgIpc) is 2.54. The SMILES string of the molecule is C[C@H]1CCCC[C@H]1NC(=O)COc1ccc(C=O)cc1[N+](=O)[O-]. The molecule has 1 N–H and O–H groups in total. The fraction of sp³-hybridized carbons (Fsp3) is 0.500. The van der Waals surface area contributed by atoms with Gasteiger partial charge in [0, 0.05) is 17.7 Å². The van der Waals surface area contributed by atoms with Crippen LogP contribution < -0.4 is 10.1 Å². The second-order valence-corrected chi connectivity index (χ2v) is 5.83. The molecular weight excluding hydrogens is 300 g/mol. The van der Waals surface area contributed by atoms with Gasteiger partial charge in [0.1, 0.15) is 6.29 Å². The van der Waals surface area contributed by atoms with Crippen molar-refractivity contribution in [3.8, 4) is 5.75 Å². The fourth-order valence-electron chi connectivity index (χ4n) is 2.79. The van der Waals surface area contributed by atoms with Gasteiger partial charge in [-0.1, -0.05) is 19.8 Å². The molecule has 7 nitrogen and oxygen atoms in total. The van der Waals surface area contributed by atoms with Crippen molar-refractivity contribution in [1.29, 1.82) is 0 Å². The Morgan fingerprint density at radius 3 is 2.83 bits per heavy atom. The monoisotopic (exact) mass is 320 g/mol. The van der Waals surface area contributed by atoms with E-state index >= 15 is 0 Å². The molecule has 0 heterocycles. The van der Waals surface area contributed by atoms with Crippen molar-refractivity contribution in [2.75, 3.05) is 6.61 Å². The minimum atomic E-state index is -0.635. The number of nitrogens with zero attached hydrogens (tertiary/aromatic N) is 1. The standard InChI is InChI=1S/C16H20N2O5/c1-11-4-2-3-5-13(11)17-16(20)10-23-15-7-6-12(9-19)8-14(15)18(21)22/h6-9,11,13H,2-5,10H2,1H3,(H,17,20)/t11-,13+/m0/s1. The van der Waals surface area contributed by atoms with E-state index in [1.54, 1.807) is 0 Å². The first kappa shape index (κ1) is 16.9. The number of nitro benzene ring substituents is 1. The Morgan fingerprint density at radius 1 is 1.43 bits per heavy atom. The van der Waals surface area contributed by atoms with Crippen LogP contribution in [0.1, 0.15) is 43.0 Å². The van der Waals surface area contributed by atoms with E-state index in [0.717, 1.165) is 25.3 Å². The van der Waals surface area contributed by atoms with Crippen molar-refractivity contribution in [3.05, 3.63) is 33.9 Å². The molecule has 7 heteroatoms. The normalized spacial score (nSPS) is 20.6. The second kappa shape index (κ2) is 7.71. The minimum Gasteiger partial charge on any atom is -0.477 e. The number of carbonyl (C=O) groups is 2. The quantitative estimate of drug-likeness (QED) is 0.493. The zero-order valence-corrected chi connectivity index (χ0v) is 13.0. The van der Waals surface area contributed by atoms with Crippen molar-refractivity contribution in [2.24, 2.45) is 5.92 Å². The van der Waals surface area contributed by atoms with Crippen LogP contribution in [-0.2, 0) is 4.79 Å². The average molecular weight is 320 g/mol. The summed E-state index contributed by atoms with van der Waals surface area (Å²) in [5, 5.41) is 13.9. The summed E-state index contributed by atoms with van der Waals surface area (Å²) in [5.41, 5.74) is -0.141. The van der Waals surface area contributed by atoms with E-state index in [-0.39, 0.29) is 35.6 Å². The minimum absolute atomic E-state index is 0.0209. The van der Waals surface area contributed by atoms with E-state index in [9.17, 15) is 19.7 Å². The molecule has 1 saturated carbocycles. The number of ether oxygens (including phenoxy) is 1. The summed E-state index contributed by atoms with van der Waals surface area (Å²) in [5.74, 6) is 0.110. The van der Waals surface area contributed by atoms with Gasteiger partial charge in [-0.3, -0.25) is 19.7 Å². The lowest BCUT2D eigenvalue weighted by atomic mass is 9.86. The van der Waals surface area contributed by atoms with Crippen LogP contribution in [-0.4, -0.2) is 29.8 Å². The smallest absolute Gasteiger partial charge is 0.311 e. The molecule has 0 unspecified atom stereocenters. The van der Waals surface area contributed by atoms with Gasteiger partial charge < -0.3 is 10.1 Å². The lowest BCUT2D eigenvalue weighted by Crippen LogP contribution is -2.43. The Bertz CT molecular complexity index is 602. The molecule has 0 saturated heterocycles. The molecule has 0 aliphatic heterocycles. The fourth-order valence-corrected chi connectivity index (χ4v) is 2.79. The highest BCUT2D eigenvalue weighted by Crippen LogP contribution is 2.27. The van der Waals surface area contributed by atoms with Gasteiger partial charge in [-0.2, -0.15) is 0 Å². The van der Waals surface area contributed by atoms with Crippen molar-refractivity contribution < 1.29 is 19.2 Å². The van der Waals surface area contributed by atoms with E-state index in [0.29, 0.717) is 12.2 Å². The van der Waals surface area contributed by atoms with E-state index in [4.69, 9.17) is 4.74 Å². The highest BCUT2D eigenvalue weighted by Gasteiger charge is 2.23. The molecule has 0 bridgehead atoms. The van der Waals surface area contributed by atoms with Crippen LogP contribution in [0.4, 0.5) is 5.69 Å². The number of nitro groups is 1. The van der Waals surface area contributed by atoms with Crippen LogP contribution in [0.5, 0.6) is 5.75 Å². The molecule has 124 valence electrons. The number of rotatable bonds is 6. The van der Waals surface area contributed by atoms with Crippen LogP contribution in [0.2, 0.25) is 0 Å². The molecule has 2 rings (SSSR count). The zero-order valence-electron chi connectivity index (χ0n) is 13.0. The maximum absolute atomic E-state index is 12.0. The van der Waals surface area contributed by atoms with Gasteiger partial charge in [0.15, 0.2) is 12.4 Å². The van der Waals surface area contributed by atoms with Gasteiger partial charge in [0.25, 0.3) is 5.91 Å². The molecule has 0 aromatic heterocycles. The number of aldehydes is 1. The summed E-state index contributed by atoms with van der Waals surface area (Å²) < 4.78 is 5.27. The van der Waals surface area contributed by atoms with Gasteiger partial charge in [0.2, 0.25) is 0 Å². The third kappa shape index (κ3) is 4.51. The molecular formula is C16H20N2O5. The van der Waals surface area contributed by atoms with E-state index in [2.05, 4.69) is 12.2 Å². The Kier molecular flexibility index (Phi) is 5.67. The molecule has 1 aromatic carbocycles. The lowest BCUT2D eigenvalue weighted by molar-refractivity contribution is -0.385. The molecule has 0 radical (unpaired) electrons. The first-order valence-corrected chi connectivity index (χ1v) is 7.67. The summed E-state index contributed by atoms with van der Waals surface area (Å²) in [4.78, 5) is 33.0. The molecule has 23 heavy (non-hydrogen) atoms. The Morgan fingerprint density at radius 2 is 2.17 bits per heavy atom. The van der Waals surface area contributed by atoms with Crippen molar-refractivity contribution in [2.45, 2.75) is 38.6 Å². The molecule has 0 spiro atoms. The summed E-state index contributed by atoms with van der Waals surface area (Å²) in [6.45, 7) is 1.82.